The molecule has 0 aliphatic rings. The highest BCUT2D eigenvalue weighted by Gasteiger charge is 2.12. The van der Waals surface area contributed by atoms with Gasteiger partial charge in [0.15, 0.2) is 0 Å². The lowest BCUT2D eigenvalue weighted by atomic mass is 9.92. The zero-order chi connectivity index (χ0) is 12.0. The van der Waals surface area contributed by atoms with Crippen LogP contribution in [-0.2, 0) is 13.0 Å². The molecule has 0 aromatic carbocycles. The van der Waals surface area contributed by atoms with Crippen molar-refractivity contribution in [3.63, 3.8) is 0 Å². The van der Waals surface area contributed by atoms with Crippen LogP contribution in [0.2, 0.25) is 0 Å². The number of aryl methyl sites for hydroxylation is 1. The summed E-state index contributed by atoms with van der Waals surface area (Å²) in [6.07, 6.45) is 6.59. The van der Waals surface area contributed by atoms with Gasteiger partial charge in [0.05, 0.1) is 6.20 Å². The predicted octanol–water partition coefficient (Wildman–Crippen LogP) is 2.33. The van der Waals surface area contributed by atoms with Gasteiger partial charge in [0.1, 0.15) is 0 Å². The Bertz CT molecular complexity index is 291. The van der Waals surface area contributed by atoms with Gasteiger partial charge in [0.25, 0.3) is 0 Å². The van der Waals surface area contributed by atoms with Crippen LogP contribution in [0.3, 0.4) is 0 Å². The van der Waals surface area contributed by atoms with Gasteiger partial charge < -0.3 is 5.32 Å². The molecule has 3 heteroatoms. The van der Waals surface area contributed by atoms with Gasteiger partial charge in [0.2, 0.25) is 0 Å². The van der Waals surface area contributed by atoms with E-state index in [0.717, 1.165) is 31.3 Å². The standard InChI is InChI=1S/C13H25N3/c1-5-16-10-13(9-15-16)7-12(8-14-4)6-11(2)3/h9-12,14H,5-8H2,1-4H3. The summed E-state index contributed by atoms with van der Waals surface area (Å²) in [4.78, 5) is 0. The minimum Gasteiger partial charge on any atom is -0.319 e. The van der Waals surface area contributed by atoms with Crippen LogP contribution >= 0.6 is 0 Å². The summed E-state index contributed by atoms with van der Waals surface area (Å²) in [5.74, 6) is 1.49. The van der Waals surface area contributed by atoms with E-state index in [9.17, 15) is 0 Å². The molecular weight excluding hydrogens is 198 g/mol. The fraction of sp³-hybridized carbons (Fsp3) is 0.769. The van der Waals surface area contributed by atoms with Crippen molar-refractivity contribution in [2.45, 2.75) is 40.2 Å². The molecule has 1 N–H and O–H groups in total. The third-order valence-electron chi connectivity index (χ3n) is 2.83. The minimum absolute atomic E-state index is 0.722. The van der Waals surface area contributed by atoms with Crippen LogP contribution in [0, 0.1) is 11.8 Å². The molecule has 0 saturated carbocycles. The fourth-order valence-corrected chi connectivity index (χ4v) is 2.21. The number of nitrogens with zero attached hydrogens (tertiary/aromatic N) is 2. The molecule has 1 rings (SSSR count). The van der Waals surface area contributed by atoms with Crippen LogP contribution in [0.1, 0.15) is 32.8 Å². The summed E-state index contributed by atoms with van der Waals surface area (Å²) in [7, 11) is 2.03. The first-order valence-corrected chi connectivity index (χ1v) is 6.31. The van der Waals surface area contributed by atoms with Gasteiger partial charge >= 0.3 is 0 Å². The molecule has 0 aliphatic carbocycles. The van der Waals surface area contributed by atoms with Crippen molar-refractivity contribution in [2.24, 2.45) is 11.8 Å². The molecule has 0 fully saturated rings. The van der Waals surface area contributed by atoms with Crippen molar-refractivity contribution in [3.05, 3.63) is 18.0 Å². The van der Waals surface area contributed by atoms with Gasteiger partial charge in [-0.25, -0.2) is 0 Å². The van der Waals surface area contributed by atoms with Gasteiger partial charge in [-0.3, -0.25) is 4.68 Å². The molecule has 1 atom stereocenters. The highest BCUT2D eigenvalue weighted by atomic mass is 15.3. The second kappa shape index (κ2) is 6.69. The smallest absolute Gasteiger partial charge is 0.0521 e. The van der Waals surface area contributed by atoms with Gasteiger partial charge in [-0.2, -0.15) is 5.10 Å². The van der Waals surface area contributed by atoms with E-state index in [1.807, 2.05) is 17.9 Å². The molecule has 1 aromatic rings. The Balaban J connectivity index is 2.52. The van der Waals surface area contributed by atoms with Crippen molar-refractivity contribution < 1.29 is 0 Å². The van der Waals surface area contributed by atoms with E-state index in [1.165, 1.54) is 12.0 Å². The summed E-state index contributed by atoms with van der Waals surface area (Å²) in [5, 5.41) is 7.61. The summed E-state index contributed by atoms with van der Waals surface area (Å²) < 4.78 is 2.00. The maximum Gasteiger partial charge on any atom is 0.0521 e. The third kappa shape index (κ3) is 4.35. The Hall–Kier alpha value is -0.830. The highest BCUT2D eigenvalue weighted by Crippen LogP contribution is 2.16. The second-order valence-corrected chi connectivity index (χ2v) is 4.96. The van der Waals surface area contributed by atoms with E-state index >= 15 is 0 Å². The van der Waals surface area contributed by atoms with E-state index < -0.39 is 0 Å². The largest absolute Gasteiger partial charge is 0.319 e. The number of nitrogens with one attached hydrogen (secondary N) is 1. The maximum atomic E-state index is 4.32. The predicted molar refractivity (Wildman–Crippen MR) is 68.5 cm³/mol. The first-order valence-electron chi connectivity index (χ1n) is 6.31. The Morgan fingerprint density at radius 3 is 2.69 bits per heavy atom. The zero-order valence-electron chi connectivity index (χ0n) is 11.0. The summed E-state index contributed by atoms with van der Waals surface area (Å²) in [5.41, 5.74) is 1.36. The molecule has 92 valence electrons. The second-order valence-electron chi connectivity index (χ2n) is 4.96. The molecule has 0 radical (unpaired) electrons. The fourth-order valence-electron chi connectivity index (χ4n) is 2.21. The van der Waals surface area contributed by atoms with Crippen LogP contribution < -0.4 is 5.32 Å². The Morgan fingerprint density at radius 1 is 1.44 bits per heavy atom. The van der Waals surface area contributed by atoms with Crippen molar-refractivity contribution in [1.29, 1.82) is 0 Å². The topological polar surface area (TPSA) is 29.9 Å². The number of rotatable bonds is 7. The number of hydrogen-bond donors (Lipinski definition) is 1. The molecule has 16 heavy (non-hydrogen) atoms. The molecule has 0 spiro atoms. The van der Waals surface area contributed by atoms with Crippen LogP contribution in [-0.4, -0.2) is 23.4 Å². The Labute approximate surface area is 99.2 Å². The van der Waals surface area contributed by atoms with Gasteiger partial charge in [-0.05, 0) is 50.8 Å². The number of aromatic nitrogens is 2. The molecule has 1 unspecified atom stereocenters. The van der Waals surface area contributed by atoms with Crippen molar-refractivity contribution in [1.82, 2.24) is 15.1 Å². The summed E-state index contributed by atoms with van der Waals surface area (Å²) >= 11 is 0. The van der Waals surface area contributed by atoms with E-state index in [1.54, 1.807) is 0 Å². The third-order valence-corrected chi connectivity index (χ3v) is 2.83. The van der Waals surface area contributed by atoms with E-state index in [4.69, 9.17) is 0 Å². The maximum absolute atomic E-state index is 4.32. The molecule has 1 aromatic heterocycles. The van der Waals surface area contributed by atoms with Gasteiger partial charge in [-0.1, -0.05) is 13.8 Å². The average molecular weight is 223 g/mol. The van der Waals surface area contributed by atoms with E-state index in [-0.39, 0.29) is 0 Å². The first-order chi connectivity index (χ1) is 7.65. The van der Waals surface area contributed by atoms with E-state index in [2.05, 4.69) is 37.4 Å². The van der Waals surface area contributed by atoms with Crippen molar-refractivity contribution >= 4 is 0 Å². The van der Waals surface area contributed by atoms with Crippen molar-refractivity contribution in [3.8, 4) is 0 Å². The molecule has 3 nitrogen and oxygen atoms in total. The lowest BCUT2D eigenvalue weighted by Crippen LogP contribution is -2.22. The van der Waals surface area contributed by atoms with Crippen LogP contribution in [0.15, 0.2) is 12.4 Å². The van der Waals surface area contributed by atoms with Crippen molar-refractivity contribution in [2.75, 3.05) is 13.6 Å². The molecule has 0 bridgehead atoms. The SMILES string of the molecule is CCn1cc(CC(CNC)CC(C)C)cn1. The molecule has 1 heterocycles. The zero-order valence-corrected chi connectivity index (χ0v) is 11.0. The van der Waals surface area contributed by atoms with Gasteiger partial charge in [-0.15, -0.1) is 0 Å². The minimum atomic E-state index is 0.722. The number of hydrogen-bond acceptors (Lipinski definition) is 2. The Morgan fingerprint density at radius 2 is 2.19 bits per heavy atom. The van der Waals surface area contributed by atoms with Crippen LogP contribution in [0.4, 0.5) is 0 Å². The van der Waals surface area contributed by atoms with Crippen LogP contribution in [0.5, 0.6) is 0 Å². The molecular formula is C13H25N3. The molecule has 0 aliphatic heterocycles. The lowest BCUT2D eigenvalue weighted by Gasteiger charge is -2.17. The highest BCUT2D eigenvalue weighted by molar-refractivity contribution is 5.05. The summed E-state index contributed by atoms with van der Waals surface area (Å²) in [6, 6.07) is 0. The van der Waals surface area contributed by atoms with Crippen LogP contribution in [0.25, 0.3) is 0 Å². The lowest BCUT2D eigenvalue weighted by molar-refractivity contribution is 0.395. The first kappa shape index (κ1) is 13.2. The normalized spacial score (nSPS) is 13.3. The molecule has 0 saturated heterocycles. The average Bonchev–Trinajstić information content (AvgIpc) is 2.65. The monoisotopic (exact) mass is 223 g/mol. The quantitative estimate of drug-likeness (QED) is 0.769. The summed E-state index contributed by atoms with van der Waals surface area (Å²) in [6.45, 7) is 8.75. The van der Waals surface area contributed by atoms with Gasteiger partial charge in [0, 0.05) is 12.7 Å². The molecule has 0 amide bonds. The van der Waals surface area contributed by atoms with E-state index in [0.29, 0.717) is 0 Å². The Kier molecular flexibility index (Phi) is 5.53.